The standard InChI is InChI=1S/C14H17NO5/c1-14(13(16)17,10-4-5-10)8-9-3-6-12(20-2)11(7-9)15(18)19/h3,6-7,10H,4-5,8H2,1-2H3,(H,16,17). The van der Waals surface area contributed by atoms with Gasteiger partial charge in [-0.15, -0.1) is 0 Å². The minimum absolute atomic E-state index is 0.131. The zero-order valence-electron chi connectivity index (χ0n) is 11.5. The number of hydrogen-bond donors (Lipinski definition) is 1. The lowest BCUT2D eigenvalue weighted by atomic mass is 9.79. The van der Waals surface area contributed by atoms with E-state index in [9.17, 15) is 20.0 Å². The monoisotopic (exact) mass is 279 g/mol. The number of nitro groups is 1. The predicted molar refractivity (Wildman–Crippen MR) is 71.8 cm³/mol. The lowest BCUT2D eigenvalue weighted by Crippen LogP contribution is -2.32. The van der Waals surface area contributed by atoms with Crippen LogP contribution in [0, 0.1) is 21.4 Å². The molecule has 0 aromatic heterocycles. The maximum Gasteiger partial charge on any atom is 0.311 e. The molecule has 1 unspecified atom stereocenters. The van der Waals surface area contributed by atoms with Crippen LogP contribution in [0.25, 0.3) is 0 Å². The first kappa shape index (κ1) is 14.3. The van der Waals surface area contributed by atoms with Gasteiger partial charge in [0.1, 0.15) is 0 Å². The Labute approximate surface area is 116 Å². The molecule has 1 aliphatic carbocycles. The van der Waals surface area contributed by atoms with E-state index in [1.807, 2.05) is 0 Å². The van der Waals surface area contributed by atoms with Gasteiger partial charge in [0.05, 0.1) is 17.4 Å². The van der Waals surface area contributed by atoms with Crippen LogP contribution in [0.3, 0.4) is 0 Å². The predicted octanol–water partition coefficient (Wildman–Crippen LogP) is 2.65. The van der Waals surface area contributed by atoms with Crippen molar-refractivity contribution in [1.82, 2.24) is 0 Å². The van der Waals surface area contributed by atoms with Crippen LogP contribution in [0.1, 0.15) is 25.3 Å². The SMILES string of the molecule is COc1ccc(CC(C)(C(=O)O)C2CC2)cc1[N+](=O)[O-]. The molecule has 0 amide bonds. The zero-order valence-corrected chi connectivity index (χ0v) is 11.5. The van der Waals surface area contributed by atoms with E-state index in [1.165, 1.54) is 19.2 Å². The van der Waals surface area contributed by atoms with Crippen LogP contribution in [0.2, 0.25) is 0 Å². The normalized spacial score (nSPS) is 17.3. The molecule has 1 aliphatic rings. The smallest absolute Gasteiger partial charge is 0.311 e. The second kappa shape index (κ2) is 5.11. The number of benzene rings is 1. The van der Waals surface area contributed by atoms with Gasteiger partial charge in [-0.1, -0.05) is 6.07 Å². The van der Waals surface area contributed by atoms with E-state index in [0.717, 1.165) is 12.8 Å². The summed E-state index contributed by atoms with van der Waals surface area (Å²) >= 11 is 0. The van der Waals surface area contributed by atoms with Crippen molar-refractivity contribution in [3.63, 3.8) is 0 Å². The number of rotatable bonds is 6. The molecule has 2 rings (SSSR count). The summed E-state index contributed by atoms with van der Waals surface area (Å²) in [6.45, 7) is 1.71. The van der Waals surface area contributed by atoms with E-state index >= 15 is 0 Å². The molecule has 1 aromatic carbocycles. The van der Waals surface area contributed by atoms with Gasteiger partial charge in [-0.05, 0) is 43.7 Å². The number of carboxylic acid groups (broad SMARTS) is 1. The maximum atomic E-state index is 11.5. The van der Waals surface area contributed by atoms with Crippen molar-refractivity contribution in [2.75, 3.05) is 7.11 Å². The summed E-state index contributed by atoms with van der Waals surface area (Å²) in [5.74, 6) is -0.512. The third kappa shape index (κ3) is 2.59. The van der Waals surface area contributed by atoms with Gasteiger partial charge in [0.2, 0.25) is 0 Å². The number of ether oxygens (including phenoxy) is 1. The van der Waals surface area contributed by atoms with Gasteiger partial charge >= 0.3 is 11.7 Å². The summed E-state index contributed by atoms with van der Waals surface area (Å²) < 4.78 is 4.94. The highest BCUT2D eigenvalue weighted by molar-refractivity contribution is 5.75. The molecule has 0 saturated heterocycles. The average Bonchev–Trinajstić information content (AvgIpc) is 3.22. The second-order valence-corrected chi connectivity index (χ2v) is 5.44. The second-order valence-electron chi connectivity index (χ2n) is 5.44. The molecular weight excluding hydrogens is 262 g/mol. The lowest BCUT2D eigenvalue weighted by Gasteiger charge is -2.24. The lowest BCUT2D eigenvalue weighted by molar-refractivity contribution is -0.385. The number of nitro benzene ring substituents is 1. The summed E-state index contributed by atoms with van der Waals surface area (Å²) in [6, 6.07) is 4.61. The summed E-state index contributed by atoms with van der Waals surface area (Å²) in [7, 11) is 1.37. The van der Waals surface area contributed by atoms with Crippen LogP contribution in [0.4, 0.5) is 5.69 Å². The van der Waals surface area contributed by atoms with Crippen molar-refractivity contribution in [1.29, 1.82) is 0 Å². The van der Waals surface area contributed by atoms with Gasteiger partial charge in [-0.2, -0.15) is 0 Å². The Morgan fingerprint density at radius 3 is 2.65 bits per heavy atom. The van der Waals surface area contributed by atoms with Crippen molar-refractivity contribution in [3.05, 3.63) is 33.9 Å². The molecule has 1 saturated carbocycles. The molecule has 108 valence electrons. The fourth-order valence-electron chi connectivity index (χ4n) is 2.53. The van der Waals surface area contributed by atoms with Crippen molar-refractivity contribution in [2.24, 2.45) is 11.3 Å². The van der Waals surface area contributed by atoms with Crippen molar-refractivity contribution in [3.8, 4) is 5.75 Å². The molecule has 20 heavy (non-hydrogen) atoms. The summed E-state index contributed by atoms with van der Waals surface area (Å²) in [6.07, 6.45) is 2.10. The average molecular weight is 279 g/mol. The summed E-state index contributed by atoms with van der Waals surface area (Å²) in [4.78, 5) is 22.0. The number of carboxylic acids is 1. The number of nitrogens with zero attached hydrogens (tertiary/aromatic N) is 1. The minimum Gasteiger partial charge on any atom is -0.490 e. The van der Waals surface area contributed by atoms with E-state index in [0.29, 0.717) is 5.56 Å². The van der Waals surface area contributed by atoms with Gasteiger partial charge in [-0.3, -0.25) is 14.9 Å². The van der Waals surface area contributed by atoms with Crippen molar-refractivity contribution < 1.29 is 19.6 Å². The fraction of sp³-hybridized carbons (Fsp3) is 0.500. The first-order chi connectivity index (χ1) is 9.38. The van der Waals surface area contributed by atoms with Crippen LogP contribution in [-0.4, -0.2) is 23.1 Å². The molecule has 6 nitrogen and oxygen atoms in total. The number of hydrogen-bond acceptors (Lipinski definition) is 4. The van der Waals surface area contributed by atoms with Gasteiger partial charge in [0.15, 0.2) is 5.75 Å². The van der Waals surface area contributed by atoms with E-state index in [1.54, 1.807) is 13.0 Å². The third-order valence-electron chi connectivity index (χ3n) is 3.98. The maximum absolute atomic E-state index is 11.5. The van der Waals surface area contributed by atoms with E-state index < -0.39 is 16.3 Å². The Kier molecular flexibility index (Phi) is 3.65. The van der Waals surface area contributed by atoms with Crippen LogP contribution >= 0.6 is 0 Å². The number of methoxy groups -OCH3 is 1. The molecule has 1 aromatic rings. The summed E-state index contributed by atoms with van der Waals surface area (Å²) in [5.41, 5.74) is -0.342. The molecule has 0 spiro atoms. The topological polar surface area (TPSA) is 89.7 Å². The molecule has 0 heterocycles. The Morgan fingerprint density at radius 1 is 1.55 bits per heavy atom. The molecule has 0 aliphatic heterocycles. The third-order valence-corrected chi connectivity index (χ3v) is 3.98. The first-order valence-electron chi connectivity index (χ1n) is 6.43. The van der Waals surface area contributed by atoms with Gasteiger partial charge in [-0.25, -0.2) is 0 Å². The van der Waals surface area contributed by atoms with Gasteiger partial charge in [0.25, 0.3) is 0 Å². The van der Waals surface area contributed by atoms with E-state index in [4.69, 9.17) is 4.74 Å². The van der Waals surface area contributed by atoms with Gasteiger partial charge in [0, 0.05) is 6.07 Å². The van der Waals surface area contributed by atoms with E-state index in [-0.39, 0.29) is 23.8 Å². The number of aliphatic carboxylic acids is 1. The minimum atomic E-state index is -0.859. The Balaban J connectivity index is 2.31. The zero-order chi connectivity index (χ0) is 14.9. The van der Waals surface area contributed by atoms with Crippen LogP contribution < -0.4 is 4.74 Å². The molecule has 1 atom stereocenters. The van der Waals surface area contributed by atoms with Crippen molar-refractivity contribution in [2.45, 2.75) is 26.2 Å². The Hall–Kier alpha value is -2.11. The Morgan fingerprint density at radius 2 is 2.20 bits per heavy atom. The van der Waals surface area contributed by atoms with Crippen LogP contribution in [0.15, 0.2) is 18.2 Å². The van der Waals surface area contributed by atoms with Crippen LogP contribution in [0.5, 0.6) is 5.75 Å². The highest BCUT2D eigenvalue weighted by Crippen LogP contribution is 2.48. The van der Waals surface area contributed by atoms with Crippen molar-refractivity contribution >= 4 is 11.7 Å². The quantitative estimate of drug-likeness (QED) is 0.638. The van der Waals surface area contributed by atoms with Gasteiger partial charge < -0.3 is 9.84 Å². The molecule has 1 fully saturated rings. The molecule has 6 heteroatoms. The fourth-order valence-corrected chi connectivity index (χ4v) is 2.53. The molecular formula is C14H17NO5. The summed E-state index contributed by atoms with van der Waals surface area (Å²) in [5, 5.41) is 20.4. The largest absolute Gasteiger partial charge is 0.490 e. The molecule has 0 bridgehead atoms. The highest BCUT2D eigenvalue weighted by atomic mass is 16.6. The number of carbonyl (C=O) groups is 1. The van der Waals surface area contributed by atoms with E-state index in [2.05, 4.69) is 0 Å². The first-order valence-corrected chi connectivity index (χ1v) is 6.43. The van der Waals surface area contributed by atoms with Crippen LogP contribution in [-0.2, 0) is 11.2 Å². The Bertz CT molecular complexity index is 552. The molecule has 0 radical (unpaired) electrons. The molecule has 1 N–H and O–H groups in total. The highest BCUT2D eigenvalue weighted by Gasteiger charge is 2.47.